The zero-order chi connectivity index (χ0) is 13.4. The van der Waals surface area contributed by atoms with Crippen LogP contribution in [0.15, 0.2) is 0 Å². The van der Waals surface area contributed by atoms with Gasteiger partial charge in [0.2, 0.25) is 0 Å². The summed E-state index contributed by atoms with van der Waals surface area (Å²) >= 11 is 10.9. The molecular formula is C12H18Cl2O4. The van der Waals surface area contributed by atoms with Gasteiger partial charge in [-0.2, -0.15) is 0 Å². The standard InChI is InChI=1S/C12H18Cl2O4/c13-5-7-17-11(15)9-3-1-2-4-10(9)12(16)18-8-6-14/h9-10H,1-8H2. The molecular weight excluding hydrogens is 279 g/mol. The number of hydrogen-bond acceptors (Lipinski definition) is 4. The Labute approximate surface area is 117 Å². The highest BCUT2D eigenvalue weighted by Gasteiger charge is 2.37. The second kappa shape index (κ2) is 8.59. The molecule has 1 rings (SSSR count). The van der Waals surface area contributed by atoms with Crippen LogP contribution in [0.5, 0.6) is 0 Å². The minimum atomic E-state index is -0.398. The van der Waals surface area contributed by atoms with Crippen molar-refractivity contribution in [2.45, 2.75) is 25.7 Å². The van der Waals surface area contributed by atoms with Gasteiger partial charge in [0.15, 0.2) is 0 Å². The molecule has 0 aromatic carbocycles. The summed E-state index contributed by atoms with van der Waals surface area (Å²) in [6.07, 6.45) is 3.20. The van der Waals surface area contributed by atoms with Crippen LogP contribution < -0.4 is 0 Å². The van der Waals surface area contributed by atoms with Gasteiger partial charge in [-0.1, -0.05) is 12.8 Å². The molecule has 0 radical (unpaired) electrons. The van der Waals surface area contributed by atoms with E-state index < -0.39 is 11.8 Å². The van der Waals surface area contributed by atoms with E-state index in [1.165, 1.54) is 0 Å². The van der Waals surface area contributed by atoms with Crippen molar-refractivity contribution in [3.63, 3.8) is 0 Å². The van der Waals surface area contributed by atoms with E-state index in [2.05, 4.69) is 0 Å². The van der Waals surface area contributed by atoms with Gasteiger partial charge in [0, 0.05) is 0 Å². The molecule has 4 nitrogen and oxygen atoms in total. The fourth-order valence-corrected chi connectivity index (χ4v) is 2.34. The van der Waals surface area contributed by atoms with Gasteiger partial charge in [-0.3, -0.25) is 9.59 Å². The van der Waals surface area contributed by atoms with Crippen molar-refractivity contribution < 1.29 is 19.1 Å². The molecule has 6 heteroatoms. The molecule has 2 atom stereocenters. The van der Waals surface area contributed by atoms with Crippen molar-refractivity contribution >= 4 is 35.1 Å². The zero-order valence-electron chi connectivity index (χ0n) is 10.2. The predicted octanol–water partition coefficient (Wildman–Crippen LogP) is 2.36. The highest BCUT2D eigenvalue weighted by atomic mass is 35.5. The van der Waals surface area contributed by atoms with Crippen LogP contribution in [0.3, 0.4) is 0 Å². The number of carbonyl (C=O) groups excluding carboxylic acids is 2. The summed E-state index contributed by atoms with van der Waals surface area (Å²) in [5, 5.41) is 0. The molecule has 18 heavy (non-hydrogen) atoms. The normalized spacial score (nSPS) is 23.4. The van der Waals surface area contributed by atoms with Crippen LogP contribution in [-0.4, -0.2) is 36.9 Å². The summed E-state index contributed by atoms with van der Waals surface area (Å²) in [4.78, 5) is 23.7. The Hall–Kier alpha value is -0.480. The van der Waals surface area contributed by atoms with Gasteiger partial charge in [-0.05, 0) is 12.8 Å². The first-order valence-electron chi connectivity index (χ1n) is 6.16. The van der Waals surface area contributed by atoms with E-state index in [-0.39, 0.29) is 36.9 Å². The Morgan fingerprint density at radius 3 is 1.61 bits per heavy atom. The van der Waals surface area contributed by atoms with Crippen molar-refractivity contribution in [2.75, 3.05) is 25.0 Å². The van der Waals surface area contributed by atoms with Crippen LogP contribution in [0, 0.1) is 11.8 Å². The zero-order valence-corrected chi connectivity index (χ0v) is 11.7. The number of esters is 2. The first kappa shape index (κ1) is 15.6. The average molecular weight is 297 g/mol. The molecule has 1 aliphatic carbocycles. The van der Waals surface area contributed by atoms with E-state index in [1.54, 1.807) is 0 Å². The van der Waals surface area contributed by atoms with Gasteiger partial charge >= 0.3 is 11.9 Å². The number of alkyl halides is 2. The minimum Gasteiger partial charge on any atom is -0.464 e. The van der Waals surface area contributed by atoms with E-state index in [1.807, 2.05) is 0 Å². The molecule has 1 aliphatic rings. The molecule has 0 N–H and O–H groups in total. The van der Waals surface area contributed by atoms with E-state index >= 15 is 0 Å². The molecule has 2 unspecified atom stereocenters. The topological polar surface area (TPSA) is 52.6 Å². The van der Waals surface area contributed by atoms with Gasteiger partial charge < -0.3 is 9.47 Å². The molecule has 0 amide bonds. The Kier molecular flexibility index (Phi) is 7.44. The average Bonchev–Trinajstić information content (AvgIpc) is 2.42. The highest BCUT2D eigenvalue weighted by Crippen LogP contribution is 2.32. The molecule has 1 fully saturated rings. The van der Waals surface area contributed by atoms with Gasteiger partial charge in [-0.15, -0.1) is 23.2 Å². The molecule has 0 aliphatic heterocycles. The molecule has 0 saturated heterocycles. The number of carbonyl (C=O) groups is 2. The molecule has 104 valence electrons. The molecule has 1 saturated carbocycles. The van der Waals surface area contributed by atoms with Gasteiger partial charge in [0.1, 0.15) is 13.2 Å². The van der Waals surface area contributed by atoms with Crippen LogP contribution in [0.2, 0.25) is 0 Å². The summed E-state index contributed by atoms with van der Waals surface area (Å²) in [7, 11) is 0. The predicted molar refractivity (Wildman–Crippen MR) is 68.8 cm³/mol. The molecule has 0 spiro atoms. The SMILES string of the molecule is O=C(OCCCl)C1CCCCC1C(=O)OCCCl. The maximum absolute atomic E-state index is 11.8. The van der Waals surface area contributed by atoms with Crippen molar-refractivity contribution in [3.05, 3.63) is 0 Å². The molecule has 0 heterocycles. The third kappa shape index (κ3) is 4.65. The van der Waals surface area contributed by atoms with Gasteiger partial charge in [0.05, 0.1) is 23.6 Å². The van der Waals surface area contributed by atoms with Crippen LogP contribution >= 0.6 is 23.2 Å². The largest absolute Gasteiger partial charge is 0.464 e. The lowest BCUT2D eigenvalue weighted by molar-refractivity contribution is -0.162. The lowest BCUT2D eigenvalue weighted by atomic mass is 9.79. The van der Waals surface area contributed by atoms with Crippen LogP contribution in [0.25, 0.3) is 0 Å². The minimum absolute atomic E-state index is 0.181. The number of ether oxygens (including phenoxy) is 2. The summed E-state index contributed by atoms with van der Waals surface area (Å²) in [5.74, 6) is -0.958. The van der Waals surface area contributed by atoms with Gasteiger partial charge in [-0.25, -0.2) is 0 Å². The Morgan fingerprint density at radius 1 is 0.889 bits per heavy atom. The first-order chi connectivity index (χ1) is 8.70. The number of hydrogen-bond donors (Lipinski definition) is 0. The van der Waals surface area contributed by atoms with E-state index in [0.717, 1.165) is 12.8 Å². The third-order valence-corrected chi connectivity index (χ3v) is 3.32. The third-order valence-electron chi connectivity index (χ3n) is 3.01. The lowest BCUT2D eigenvalue weighted by Crippen LogP contribution is -2.35. The summed E-state index contributed by atoms with van der Waals surface area (Å²) in [6.45, 7) is 0.362. The Morgan fingerprint density at radius 2 is 1.28 bits per heavy atom. The van der Waals surface area contributed by atoms with Crippen molar-refractivity contribution in [1.82, 2.24) is 0 Å². The smallest absolute Gasteiger partial charge is 0.309 e. The van der Waals surface area contributed by atoms with E-state index in [4.69, 9.17) is 32.7 Å². The number of halogens is 2. The van der Waals surface area contributed by atoms with Crippen LogP contribution in [0.1, 0.15) is 25.7 Å². The summed E-state index contributed by atoms with van der Waals surface area (Å²) in [6, 6.07) is 0. The van der Waals surface area contributed by atoms with Gasteiger partial charge in [0.25, 0.3) is 0 Å². The summed E-state index contributed by atoms with van der Waals surface area (Å²) in [5.41, 5.74) is 0. The van der Waals surface area contributed by atoms with Crippen molar-refractivity contribution in [3.8, 4) is 0 Å². The Bertz CT molecular complexity index is 255. The lowest BCUT2D eigenvalue weighted by Gasteiger charge is -2.28. The van der Waals surface area contributed by atoms with Crippen molar-refractivity contribution in [1.29, 1.82) is 0 Å². The molecule has 0 bridgehead atoms. The fourth-order valence-electron chi connectivity index (χ4n) is 2.19. The van der Waals surface area contributed by atoms with E-state index in [0.29, 0.717) is 12.8 Å². The van der Waals surface area contributed by atoms with Crippen LogP contribution in [-0.2, 0) is 19.1 Å². The second-order valence-corrected chi connectivity index (χ2v) is 4.97. The molecule has 0 aromatic rings. The highest BCUT2D eigenvalue weighted by molar-refractivity contribution is 6.18. The van der Waals surface area contributed by atoms with Crippen molar-refractivity contribution in [2.24, 2.45) is 11.8 Å². The maximum atomic E-state index is 11.8. The van der Waals surface area contributed by atoms with Crippen LogP contribution in [0.4, 0.5) is 0 Å². The Balaban J connectivity index is 2.55. The second-order valence-electron chi connectivity index (χ2n) is 4.21. The fraction of sp³-hybridized carbons (Fsp3) is 0.833. The number of rotatable bonds is 6. The molecule has 0 aromatic heterocycles. The quantitative estimate of drug-likeness (QED) is 0.558. The van der Waals surface area contributed by atoms with E-state index in [9.17, 15) is 9.59 Å². The summed E-state index contributed by atoms with van der Waals surface area (Å²) < 4.78 is 10.0. The first-order valence-corrected chi connectivity index (χ1v) is 7.22. The maximum Gasteiger partial charge on any atom is 0.309 e. The monoisotopic (exact) mass is 296 g/mol.